The third kappa shape index (κ3) is 4.17. The van der Waals surface area contributed by atoms with Crippen LogP contribution in [-0.4, -0.2) is 27.5 Å². The zero-order valence-electron chi connectivity index (χ0n) is 20.4. The maximum Gasteiger partial charge on any atom is 0.308 e. The number of fused-ring (bicyclic) bond motifs is 2. The molecule has 0 radical (unpaired) electrons. The van der Waals surface area contributed by atoms with Crippen LogP contribution in [-0.2, 0) is 20.9 Å². The van der Waals surface area contributed by atoms with Gasteiger partial charge in [0.15, 0.2) is 0 Å². The first-order chi connectivity index (χ1) is 18.4. The fourth-order valence-corrected chi connectivity index (χ4v) is 7.86. The fourth-order valence-electron chi connectivity index (χ4n) is 5.09. The van der Waals surface area contributed by atoms with Crippen LogP contribution in [0.4, 0.5) is 11.4 Å². The van der Waals surface area contributed by atoms with E-state index in [1.807, 2.05) is 67.6 Å². The number of nitrogens with zero attached hydrogens (tertiary/aromatic N) is 2. The summed E-state index contributed by atoms with van der Waals surface area (Å²) < 4.78 is 1.43. The van der Waals surface area contributed by atoms with Gasteiger partial charge < -0.3 is 5.32 Å². The summed E-state index contributed by atoms with van der Waals surface area (Å²) in [6, 6.07) is 25.9. The van der Waals surface area contributed by atoms with Crippen molar-refractivity contribution in [3.05, 3.63) is 111 Å². The number of carbonyl (C=O) groups excluding carboxylic acids is 3. The van der Waals surface area contributed by atoms with E-state index in [1.165, 1.54) is 21.2 Å². The molecule has 1 fully saturated rings. The molecule has 1 aromatic heterocycles. The standard InChI is InChI=1S/C29H23N3O4S2/c1-17-12-14-20(15-13-17)32-26(34)23-22(18-8-4-2-5-9-18)25-28(37-24(23)27(32)35)31(29(36)38-25)16-21(33)30-19-10-6-3-7-11-19/h2-15,22-24H,16H2,1H3,(H,30,33)/t22-,23?,24?/m1/s1. The summed E-state index contributed by atoms with van der Waals surface area (Å²) in [6.45, 7) is 1.76. The number of amides is 3. The maximum atomic E-state index is 13.8. The molecule has 7 nitrogen and oxygen atoms in total. The minimum Gasteiger partial charge on any atom is -0.325 e. The first-order valence-corrected chi connectivity index (χ1v) is 13.9. The molecule has 6 rings (SSSR count). The van der Waals surface area contributed by atoms with E-state index in [1.54, 1.807) is 24.3 Å². The number of benzene rings is 3. The van der Waals surface area contributed by atoms with Crippen LogP contribution in [0.1, 0.15) is 21.9 Å². The Bertz CT molecular complexity index is 1600. The Kier molecular flexibility index (Phi) is 6.25. The Morgan fingerprint density at radius 2 is 1.53 bits per heavy atom. The first-order valence-electron chi connectivity index (χ1n) is 12.2. The van der Waals surface area contributed by atoms with Crippen LogP contribution in [0.2, 0.25) is 0 Å². The number of imide groups is 1. The molecule has 3 atom stereocenters. The number of aromatic nitrogens is 1. The SMILES string of the molecule is Cc1ccc(N2C(=O)C3Sc4c(sc(=O)n4CC(=O)Nc4ccccc4)[C@H](c4ccccc4)C3C2=O)cc1. The van der Waals surface area contributed by atoms with Crippen molar-refractivity contribution in [2.45, 2.75) is 29.7 Å². The Morgan fingerprint density at radius 1 is 0.868 bits per heavy atom. The number of nitrogens with one attached hydrogen (secondary N) is 1. The predicted octanol–water partition coefficient (Wildman–Crippen LogP) is 4.65. The van der Waals surface area contributed by atoms with Crippen molar-refractivity contribution in [2.75, 3.05) is 10.2 Å². The van der Waals surface area contributed by atoms with Gasteiger partial charge in [-0.2, -0.15) is 0 Å². The van der Waals surface area contributed by atoms with E-state index in [0.717, 1.165) is 22.5 Å². The molecule has 1 saturated heterocycles. The maximum absolute atomic E-state index is 13.8. The van der Waals surface area contributed by atoms with Gasteiger partial charge in [-0.25, -0.2) is 4.90 Å². The number of rotatable bonds is 5. The first kappa shape index (κ1) is 24.4. The smallest absolute Gasteiger partial charge is 0.308 e. The molecule has 38 heavy (non-hydrogen) atoms. The second kappa shape index (κ2) is 9.74. The lowest BCUT2D eigenvalue weighted by molar-refractivity contribution is -0.122. The minimum absolute atomic E-state index is 0.185. The summed E-state index contributed by atoms with van der Waals surface area (Å²) in [5.74, 6) is -2.05. The Hall–Kier alpha value is -3.95. The van der Waals surface area contributed by atoms with Gasteiger partial charge in [-0.1, -0.05) is 89.3 Å². The molecule has 2 aliphatic heterocycles. The summed E-state index contributed by atoms with van der Waals surface area (Å²) in [5, 5.41) is 2.68. The van der Waals surface area contributed by atoms with Gasteiger partial charge in [0.1, 0.15) is 11.8 Å². The zero-order chi connectivity index (χ0) is 26.4. The van der Waals surface area contributed by atoms with E-state index >= 15 is 0 Å². The van der Waals surface area contributed by atoms with Gasteiger partial charge in [0.2, 0.25) is 17.7 Å². The quantitative estimate of drug-likeness (QED) is 0.372. The van der Waals surface area contributed by atoms with Crippen LogP contribution >= 0.6 is 23.1 Å². The number of hydrogen-bond acceptors (Lipinski definition) is 6. The largest absolute Gasteiger partial charge is 0.325 e. The number of para-hydroxylation sites is 1. The number of anilines is 2. The van der Waals surface area contributed by atoms with E-state index in [0.29, 0.717) is 21.3 Å². The lowest BCUT2D eigenvalue weighted by Crippen LogP contribution is -2.33. The fraction of sp³-hybridized carbons (Fsp3) is 0.172. The molecular formula is C29H23N3O4S2. The highest BCUT2D eigenvalue weighted by atomic mass is 32.2. The average Bonchev–Trinajstić information content (AvgIpc) is 3.36. The predicted molar refractivity (Wildman–Crippen MR) is 149 cm³/mol. The highest BCUT2D eigenvalue weighted by Gasteiger charge is 2.56. The molecule has 0 spiro atoms. The van der Waals surface area contributed by atoms with Gasteiger partial charge in [0.25, 0.3) is 0 Å². The number of aryl methyl sites for hydroxylation is 1. The Balaban J connectivity index is 1.41. The van der Waals surface area contributed by atoms with Crippen molar-refractivity contribution in [1.82, 2.24) is 4.57 Å². The lowest BCUT2D eigenvalue weighted by atomic mass is 9.83. The molecule has 9 heteroatoms. The molecule has 0 saturated carbocycles. The normalized spacial score (nSPS) is 20.2. The molecular weight excluding hydrogens is 518 g/mol. The molecule has 1 N–H and O–H groups in total. The van der Waals surface area contributed by atoms with Gasteiger partial charge in [-0.15, -0.1) is 0 Å². The average molecular weight is 542 g/mol. The number of thiazole rings is 1. The van der Waals surface area contributed by atoms with Crippen molar-refractivity contribution in [3.8, 4) is 0 Å². The summed E-state index contributed by atoms with van der Waals surface area (Å²) in [5.41, 5.74) is 3.06. The van der Waals surface area contributed by atoms with E-state index in [2.05, 4.69) is 5.32 Å². The number of thioether (sulfide) groups is 1. The molecule has 2 unspecified atom stereocenters. The molecule has 3 heterocycles. The van der Waals surface area contributed by atoms with Gasteiger partial charge in [0, 0.05) is 16.5 Å². The van der Waals surface area contributed by atoms with Crippen LogP contribution in [0.25, 0.3) is 0 Å². The van der Waals surface area contributed by atoms with Crippen molar-refractivity contribution in [2.24, 2.45) is 5.92 Å². The highest BCUT2D eigenvalue weighted by molar-refractivity contribution is 8.00. The molecule has 4 aromatic rings. The number of carbonyl (C=O) groups is 3. The van der Waals surface area contributed by atoms with Crippen LogP contribution in [0.5, 0.6) is 0 Å². The van der Waals surface area contributed by atoms with Crippen LogP contribution in [0.3, 0.4) is 0 Å². The van der Waals surface area contributed by atoms with Crippen molar-refractivity contribution in [1.29, 1.82) is 0 Å². The second-order valence-electron chi connectivity index (χ2n) is 9.34. The Morgan fingerprint density at radius 3 is 2.21 bits per heavy atom. The van der Waals surface area contributed by atoms with Gasteiger partial charge >= 0.3 is 4.87 Å². The van der Waals surface area contributed by atoms with Crippen molar-refractivity contribution in [3.63, 3.8) is 0 Å². The minimum atomic E-state index is -0.709. The van der Waals surface area contributed by atoms with Gasteiger partial charge in [-0.3, -0.25) is 23.7 Å². The highest BCUT2D eigenvalue weighted by Crippen LogP contribution is 2.53. The van der Waals surface area contributed by atoms with Gasteiger partial charge in [0.05, 0.1) is 16.6 Å². The summed E-state index contributed by atoms with van der Waals surface area (Å²) in [4.78, 5) is 55.3. The molecule has 0 bridgehead atoms. The summed E-state index contributed by atoms with van der Waals surface area (Å²) in [7, 11) is 0. The van der Waals surface area contributed by atoms with Crippen LogP contribution in [0.15, 0.2) is 94.7 Å². The molecule has 3 aromatic carbocycles. The Labute approximate surface area is 227 Å². The summed E-state index contributed by atoms with van der Waals surface area (Å²) in [6.07, 6.45) is 0. The number of hydrogen-bond donors (Lipinski definition) is 1. The van der Waals surface area contributed by atoms with Crippen molar-refractivity contribution < 1.29 is 14.4 Å². The van der Waals surface area contributed by atoms with Crippen LogP contribution in [0, 0.1) is 12.8 Å². The monoisotopic (exact) mass is 541 g/mol. The van der Waals surface area contributed by atoms with E-state index in [9.17, 15) is 19.2 Å². The third-order valence-corrected chi connectivity index (χ3v) is 9.46. The van der Waals surface area contributed by atoms with E-state index < -0.39 is 17.1 Å². The topological polar surface area (TPSA) is 88.5 Å². The molecule has 0 aliphatic carbocycles. The molecule has 190 valence electrons. The van der Waals surface area contributed by atoms with Crippen LogP contribution < -0.4 is 15.1 Å². The summed E-state index contributed by atoms with van der Waals surface area (Å²) >= 11 is 2.26. The van der Waals surface area contributed by atoms with E-state index in [4.69, 9.17) is 0 Å². The molecule has 2 aliphatic rings. The van der Waals surface area contributed by atoms with E-state index in [-0.39, 0.29) is 29.1 Å². The third-order valence-electron chi connectivity index (χ3n) is 6.86. The van der Waals surface area contributed by atoms with Gasteiger partial charge in [-0.05, 0) is 36.8 Å². The second-order valence-corrected chi connectivity index (χ2v) is 11.5. The van der Waals surface area contributed by atoms with Crippen molar-refractivity contribution >= 4 is 52.2 Å². The zero-order valence-corrected chi connectivity index (χ0v) is 22.0. The lowest BCUT2D eigenvalue weighted by Gasteiger charge is -2.30. The molecule has 3 amide bonds.